The number of carbonyl (C=O) groups is 1. The number of hydrogen-bond donors (Lipinski definition) is 1. The lowest BCUT2D eigenvalue weighted by Crippen LogP contribution is -2.17. The first-order valence-electron chi connectivity index (χ1n) is 9.81. The van der Waals surface area contributed by atoms with Crippen molar-refractivity contribution in [3.63, 3.8) is 0 Å². The summed E-state index contributed by atoms with van der Waals surface area (Å²) < 4.78 is 17.5. The first-order valence-corrected chi connectivity index (χ1v) is 11.0. The summed E-state index contributed by atoms with van der Waals surface area (Å²) in [5, 5.41) is 4.67. The Balaban J connectivity index is 1.66. The number of nitrogens with one attached hydrogen (secondary N) is 1. The van der Waals surface area contributed by atoms with Crippen LogP contribution in [0, 0.1) is 0 Å². The maximum Gasteiger partial charge on any atom is 0.271 e. The number of benzene rings is 3. The Morgan fingerprint density at radius 3 is 2.56 bits per heavy atom. The van der Waals surface area contributed by atoms with E-state index >= 15 is 0 Å². The molecule has 166 valence electrons. The van der Waals surface area contributed by atoms with Crippen LogP contribution >= 0.6 is 27.5 Å². The van der Waals surface area contributed by atoms with Crippen LogP contribution in [0.2, 0.25) is 5.02 Å². The Labute approximate surface area is 200 Å². The van der Waals surface area contributed by atoms with Gasteiger partial charge in [-0.05, 0) is 70.9 Å². The molecule has 6 nitrogen and oxygen atoms in total. The highest BCUT2D eigenvalue weighted by molar-refractivity contribution is 9.10. The van der Waals surface area contributed by atoms with Crippen LogP contribution in [-0.2, 0) is 6.61 Å². The third-order valence-corrected chi connectivity index (χ3v) is 5.35. The van der Waals surface area contributed by atoms with Crippen LogP contribution in [0.15, 0.2) is 70.2 Å². The van der Waals surface area contributed by atoms with Crippen molar-refractivity contribution < 1.29 is 19.0 Å². The first-order chi connectivity index (χ1) is 15.5. The summed E-state index contributed by atoms with van der Waals surface area (Å²) in [5.41, 5.74) is 4.57. The molecule has 0 saturated heterocycles. The minimum atomic E-state index is -0.324. The maximum absolute atomic E-state index is 12.3. The van der Waals surface area contributed by atoms with Gasteiger partial charge in [0, 0.05) is 16.1 Å². The third kappa shape index (κ3) is 6.24. The van der Waals surface area contributed by atoms with Gasteiger partial charge in [-0.1, -0.05) is 29.8 Å². The first kappa shape index (κ1) is 23.6. The highest BCUT2D eigenvalue weighted by Crippen LogP contribution is 2.37. The van der Waals surface area contributed by atoms with E-state index in [9.17, 15) is 4.79 Å². The van der Waals surface area contributed by atoms with Crippen molar-refractivity contribution in [2.45, 2.75) is 13.5 Å². The van der Waals surface area contributed by atoms with E-state index in [0.717, 1.165) is 5.56 Å². The lowest BCUT2D eigenvalue weighted by atomic mass is 10.2. The summed E-state index contributed by atoms with van der Waals surface area (Å²) in [6, 6.07) is 17.9. The van der Waals surface area contributed by atoms with E-state index in [4.69, 9.17) is 25.8 Å². The maximum atomic E-state index is 12.3. The molecule has 0 spiro atoms. The molecule has 32 heavy (non-hydrogen) atoms. The van der Waals surface area contributed by atoms with Gasteiger partial charge in [-0.25, -0.2) is 5.43 Å². The van der Waals surface area contributed by atoms with Crippen LogP contribution in [-0.4, -0.2) is 25.8 Å². The molecule has 0 atom stereocenters. The highest BCUT2D eigenvalue weighted by atomic mass is 79.9. The average molecular weight is 518 g/mol. The molecule has 1 amide bonds. The highest BCUT2D eigenvalue weighted by Gasteiger charge is 2.12. The van der Waals surface area contributed by atoms with Gasteiger partial charge >= 0.3 is 0 Å². The predicted molar refractivity (Wildman–Crippen MR) is 129 cm³/mol. The number of nitrogens with zero attached hydrogens (tertiary/aromatic N) is 1. The fourth-order valence-corrected chi connectivity index (χ4v) is 3.58. The summed E-state index contributed by atoms with van der Waals surface area (Å²) in [6.07, 6.45) is 1.53. The summed E-state index contributed by atoms with van der Waals surface area (Å²) in [5.74, 6) is 1.45. The van der Waals surface area contributed by atoms with E-state index in [1.807, 2.05) is 37.3 Å². The molecule has 0 aliphatic carbocycles. The lowest BCUT2D eigenvalue weighted by Gasteiger charge is -2.14. The number of methoxy groups -OCH3 is 1. The van der Waals surface area contributed by atoms with Gasteiger partial charge < -0.3 is 14.2 Å². The molecule has 3 aromatic carbocycles. The molecule has 0 radical (unpaired) electrons. The quantitative estimate of drug-likeness (QED) is 0.285. The Kier molecular flexibility index (Phi) is 8.53. The number of amides is 1. The summed E-state index contributed by atoms with van der Waals surface area (Å²) in [4.78, 5) is 12.3. The summed E-state index contributed by atoms with van der Waals surface area (Å²) in [6.45, 7) is 2.76. The van der Waals surface area contributed by atoms with Crippen LogP contribution in [0.4, 0.5) is 0 Å². The van der Waals surface area contributed by atoms with Crippen molar-refractivity contribution in [3.8, 4) is 17.2 Å². The standard InChI is InChI=1S/C24H22BrClN2O4/c1-3-31-19-10-8-17(9-11-19)24(29)28-27-14-16-12-20(25)23(22(13-16)30-2)32-15-18-6-4-5-7-21(18)26/h4-14H,3,15H2,1-2H3,(H,28,29)/b27-14+. The Morgan fingerprint density at radius 2 is 1.88 bits per heavy atom. The Hall–Kier alpha value is -3.03. The van der Waals surface area contributed by atoms with Gasteiger partial charge in [0.15, 0.2) is 11.5 Å². The topological polar surface area (TPSA) is 69.2 Å². The fraction of sp³-hybridized carbons (Fsp3) is 0.167. The zero-order valence-electron chi connectivity index (χ0n) is 17.6. The fourth-order valence-electron chi connectivity index (χ4n) is 2.82. The van der Waals surface area contributed by atoms with Gasteiger partial charge in [-0.15, -0.1) is 0 Å². The lowest BCUT2D eigenvalue weighted by molar-refractivity contribution is 0.0955. The van der Waals surface area contributed by atoms with Crippen molar-refractivity contribution >= 4 is 39.7 Å². The number of rotatable bonds is 9. The Morgan fingerprint density at radius 1 is 1.12 bits per heavy atom. The zero-order chi connectivity index (χ0) is 22.9. The van der Waals surface area contributed by atoms with Crippen LogP contribution in [0.5, 0.6) is 17.2 Å². The molecular weight excluding hydrogens is 496 g/mol. The van der Waals surface area contributed by atoms with Crippen LogP contribution in [0.3, 0.4) is 0 Å². The normalized spacial score (nSPS) is 10.8. The zero-order valence-corrected chi connectivity index (χ0v) is 19.9. The largest absolute Gasteiger partial charge is 0.494 e. The van der Waals surface area contributed by atoms with Gasteiger partial charge in [0.2, 0.25) is 0 Å². The molecule has 0 aliphatic heterocycles. The van der Waals surface area contributed by atoms with Gasteiger partial charge in [-0.3, -0.25) is 4.79 Å². The van der Waals surface area contributed by atoms with Gasteiger partial charge in [0.25, 0.3) is 5.91 Å². The van der Waals surface area contributed by atoms with Gasteiger partial charge in [0.05, 0.1) is 24.4 Å². The van der Waals surface area contributed by atoms with E-state index < -0.39 is 0 Å². The third-order valence-electron chi connectivity index (χ3n) is 4.39. The molecule has 8 heteroatoms. The van der Waals surface area contributed by atoms with Crippen molar-refractivity contribution in [3.05, 3.63) is 86.8 Å². The predicted octanol–water partition coefficient (Wildman–Crippen LogP) is 5.85. The van der Waals surface area contributed by atoms with Crippen molar-refractivity contribution in [1.29, 1.82) is 0 Å². The number of halogens is 2. The molecule has 0 saturated carbocycles. The van der Waals surface area contributed by atoms with Gasteiger partial charge in [0.1, 0.15) is 12.4 Å². The number of carbonyl (C=O) groups excluding carboxylic acids is 1. The Bertz CT molecular complexity index is 1100. The molecule has 0 aromatic heterocycles. The number of hydrazone groups is 1. The molecular formula is C24H22BrClN2O4. The number of hydrogen-bond acceptors (Lipinski definition) is 5. The minimum Gasteiger partial charge on any atom is -0.494 e. The second-order valence-electron chi connectivity index (χ2n) is 6.57. The molecule has 0 heterocycles. The van der Waals surface area contributed by atoms with Crippen molar-refractivity contribution in [2.24, 2.45) is 5.10 Å². The summed E-state index contributed by atoms with van der Waals surface area (Å²) >= 11 is 9.71. The second kappa shape index (κ2) is 11.5. The molecule has 0 unspecified atom stereocenters. The van der Waals surface area contributed by atoms with E-state index in [0.29, 0.717) is 51.1 Å². The summed E-state index contributed by atoms with van der Waals surface area (Å²) in [7, 11) is 1.55. The van der Waals surface area contributed by atoms with Crippen molar-refractivity contribution in [1.82, 2.24) is 5.43 Å². The monoisotopic (exact) mass is 516 g/mol. The van der Waals surface area contributed by atoms with Gasteiger partial charge in [-0.2, -0.15) is 5.10 Å². The smallest absolute Gasteiger partial charge is 0.271 e. The number of ether oxygens (including phenoxy) is 3. The molecule has 3 aromatic rings. The van der Waals surface area contributed by atoms with Crippen LogP contribution < -0.4 is 19.6 Å². The molecule has 0 aliphatic rings. The molecule has 0 fully saturated rings. The van der Waals surface area contributed by atoms with E-state index in [-0.39, 0.29) is 5.91 Å². The van der Waals surface area contributed by atoms with E-state index in [1.54, 1.807) is 37.4 Å². The molecule has 0 bridgehead atoms. The SMILES string of the molecule is CCOc1ccc(C(=O)N/N=C/c2cc(Br)c(OCc3ccccc3Cl)c(OC)c2)cc1. The molecule has 3 rings (SSSR count). The van der Waals surface area contributed by atoms with E-state index in [1.165, 1.54) is 6.21 Å². The minimum absolute atomic E-state index is 0.292. The van der Waals surface area contributed by atoms with E-state index in [2.05, 4.69) is 26.5 Å². The second-order valence-corrected chi connectivity index (χ2v) is 7.83. The van der Waals surface area contributed by atoms with Crippen LogP contribution in [0.1, 0.15) is 28.4 Å². The molecule has 1 N–H and O–H groups in total. The van der Waals surface area contributed by atoms with Crippen molar-refractivity contribution in [2.75, 3.05) is 13.7 Å². The van der Waals surface area contributed by atoms with Crippen LogP contribution in [0.25, 0.3) is 0 Å². The average Bonchev–Trinajstić information content (AvgIpc) is 2.79.